The Hall–Kier alpha value is -3.01. The third-order valence-corrected chi connectivity index (χ3v) is 5.77. The number of hydrogen-bond donors (Lipinski definition) is 1. The number of carbonyl (C=O) groups excluding carboxylic acids is 1. The Morgan fingerprint density at radius 3 is 2.35 bits per heavy atom. The zero-order valence-electron chi connectivity index (χ0n) is 21.9. The van der Waals surface area contributed by atoms with Crippen molar-refractivity contribution in [2.75, 3.05) is 0 Å². The smallest absolute Gasteiger partial charge is 0.331 e. The van der Waals surface area contributed by atoms with E-state index in [4.69, 9.17) is 9.47 Å². The lowest BCUT2D eigenvalue weighted by atomic mass is 9.71. The minimum absolute atomic E-state index is 0.0158. The summed E-state index contributed by atoms with van der Waals surface area (Å²) in [7, 11) is 0. The molecule has 1 aromatic carbocycles. The lowest BCUT2D eigenvalue weighted by Crippen LogP contribution is -2.30. The van der Waals surface area contributed by atoms with Crippen LogP contribution in [0.5, 0.6) is 11.5 Å². The summed E-state index contributed by atoms with van der Waals surface area (Å²) in [5, 5.41) is 9.51. The average Bonchev–Trinajstić information content (AvgIpc) is 2.70. The van der Waals surface area contributed by atoms with E-state index in [1.54, 1.807) is 24.3 Å². The predicted octanol–water partition coefficient (Wildman–Crippen LogP) is 7.62. The number of allylic oxidation sites excluding steroid dienone is 8. The van der Waals surface area contributed by atoms with Crippen LogP contribution in [0.2, 0.25) is 0 Å². The first-order valence-corrected chi connectivity index (χ1v) is 11.9. The summed E-state index contributed by atoms with van der Waals surface area (Å²) in [6.45, 7) is 16.2. The highest BCUT2D eigenvalue weighted by Gasteiger charge is 2.32. The van der Waals surface area contributed by atoms with Crippen molar-refractivity contribution in [2.45, 2.75) is 79.9 Å². The quantitative estimate of drug-likeness (QED) is 0.256. The number of ether oxygens (including phenoxy) is 2. The monoisotopic (exact) mass is 464 g/mol. The molecule has 0 aliphatic heterocycles. The van der Waals surface area contributed by atoms with Gasteiger partial charge in [-0.15, -0.1) is 0 Å². The standard InChI is InChI=1S/C30H40O4/c1-21(10-9-11-22(2)20-28(32)34-29(4,5)6)12-17-26-23(3)27(18-19-30(26,7)8)33-25-15-13-24(31)14-16-25/h9-17,20,27,31H,18-19H2,1-8H3. The van der Waals surface area contributed by atoms with Crippen LogP contribution in [-0.2, 0) is 9.53 Å². The van der Waals surface area contributed by atoms with Crippen molar-refractivity contribution in [3.05, 3.63) is 83.0 Å². The summed E-state index contributed by atoms with van der Waals surface area (Å²) in [6, 6.07) is 6.90. The van der Waals surface area contributed by atoms with Crippen LogP contribution in [0.15, 0.2) is 83.0 Å². The van der Waals surface area contributed by atoms with Gasteiger partial charge < -0.3 is 14.6 Å². The minimum atomic E-state index is -0.493. The van der Waals surface area contributed by atoms with Gasteiger partial charge in [-0.2, -0.15) is 0 Å². The van der Waals surface area contributed by atoms with Gasteiger partial charge in [0.1, 0.15) is 23.2 Å². The van der Waals surface area contributed by atoms with Crippen molar-refractivity contribution in [2.24, 2.45) is 5.41 Å². The number of phenols is 1. The molecule has 34 heavy (non-hydrogen) atoms. The molecule has 0 heterocycles. The molecule has 0 radical (unpaired) electrons. The van der Waals surface area contributed by atoms with Crippen molar-refractivity contribution in [3.63, 3.8) is 0 Å². The van der Waals surface area contributed by atoms with E-state index in [2.05, 4.69) is 39.8 Å². The van der Waals surface area contributed by atoms with Crippen molar-refractivity contribution in [1.29, 1.82) is 0 Å². The van der Waals surface area contributed by atoms with Crippen LogP contribution in [0.1, 0.15) is 68.2 Å². The van der Waals surface area contributed by atoms with Gasteiger partial charge in [-0.1, -0.05) is 49.8 Å². The third-order valence-electron chi connectivity index (χ3n) is 5.77. The number of esters is 1. The molecular weight excluding hydrogens is 424 g/mol. The maximum absolute atomic E-state index is 11.9. The Labute approximate surface area is 205 Å². The van der Waals surface area contributed by atoms with E-state index >= 15 is 0 Å². The first kappa shape index (κ1) is 27.2. The number of hydrogen-bond acceptors (Lipinski definition) is 4. The molecule has 1 aliphatic carbocycles. The van der Waals surface area contributed by atoms with E-state index in [0.717, 1.165) is 29.7 Å². The second kappa shape index (κ2) is 11.4. The lowest BCUT2D eigenvalue weighted by Gasteiger charge is -2.37. The summed E-state index contributed by atoms with van der Waals surface area (Å²) < 4.78 is 11.6. The molecule has 1 atom stereocenters. The van der Waals surface area contributed by atoms with Crippen LogP contribution < -0.4 is 4.74 Å². The highest BCUT2D eigenvalue weighted by molar-refractivity contribution is 5.83. The normalized spacial score (nSPS) is 19.7. The fourth-order valence-electron chi connectivity index (χ4n) is 3.93. The van der Waals surface area contributed by atoms with Gasteiger partial charge in [-0.25, -0.2) is 4.79 Å². The van der Waals surface area contributed by atoms with Gasteiger partial charge in [0.2, 0.25) is 0 Å². The van der Waals surface area contributed by atoms with Gasteiger partial charge in [0.05, 0.1) is 0 Å². The molecule has 0 saturated heterocycles. The van der Waals surface area contributed by atoms with E-state index in [1.807, 2.05) is 45.9 Å². The SMILES string of the molecule is CC(C=CC1=C(C)C(Oc2ccc(O)cc2)CCC1(C)C)=CC=CC(C)=CC(=O)OC(C)(C)C. The number of benzene rings is 1. The fraction of sp³-hybridized carbons (Fsp3) is 0.433. The number of phenolic OH excluding ortho intramolecular Hbond substituents is 1. The van der Waals surface area contributed by atoms with E-state index in [1.165, 1.54) is 17.2 Å². The fourth-order valence-corrected chi connectivity index (χ4v) is 3.93. The van der Waals surface area contributed by atoms with Gasteiger partial charge in [0.15, 0.2) is 0 Å². The summed E-state index contributed by atoms with van der Waals surface area (Å²) in [5.41, 5.74) is 4.05. The van der Waals surface area contributed by atoms with E-state index in [0.29, 0.717) is 0 Å². The maximum Gasteiger partial charge on any atom is 0.331 e. The molecule has 1 aliphatic rings. The number of rotatable bonds is 7. The van der Waals surface area contributed by atoms with E-state index < -0.39 is 5.60 Å². The van der Waals surface area contributed by atoms with Crippen LogP contribution >= 0.6 is 0 Å². The molecule has 2 rings (SSSR count). The van der Waals surface area contributed by atoms with Crippen LogP contribution in [0.3, 0.4) is 0 Å². The molecule has 0 aromatic heterocycles. The van der Waals surface area contributed by atoms with Gasteiger partial charge in [-0.3, -0.25) is 0 Å². The summed E-state index contributed by atoms with van der Waals surface area (Å²) in [6.07, 6.45) is 13.7. The molecule has 0 bridgehead atoms. The van der Waals surface area contributed by atoms with Gasteiger partial charge in [-0.05, 0) is 101 Å². The second-order valence-electron chi connectivity index (χ2n) is 10.6. The predicted molar refractivity (Wildman–Crippen MR) is 140 cm³/mol. The van der Waals surface area contributed by atoms with Crippen molar-refractivity contribution in [3.8, 4) is 11.5 Å². The molecule has 0 amide bonds. The summed E-state index contributed by atoms with van der Waals surface area (Å²) in [4.78, 5) is 11.9. The Morgan fingerprint density at radius 2 is 1.74 bits per heavy atom. The lowest BCUT2D eigenvalue weighted by molar-refractivity contribution is -0.148. The van der Waals surface area contributed by atoms with Crippen molar-refractivity contribution in [1.82, 2.24) is 0 Å². The van der Waals surface area contributed by atoms with Crippen LogP contribution in [0.25, 0.3) is 0 Å². The van der Waals surface area contributed by atoms with Crippen LogP contribution in [0.4, 0.5) is 0 Å². The molecule has 0 spiro atoms. The molecule has 4 nitrogen and oxygen atoms in total. The molecule has 1 aromatic rings. The van der Waals surface area contributed by atoms with Crippen LogP contribution in [0, 0.1) is 5.41 Å². The van der Waals surface area contributed by atoms with Crippen LogP contribution in [-0.4, -0.2) is 22.8 Å². The minimum Gasteiger partial charge on any atom is -0.508 e. The Kier molecular flexibility index (Phi) is 9.14. The van der Waals surface area contributed by atoms with Gasteiger partial charge in [0, 0.05) is 6.08 Å². The maximum atomic E-state index is 11.9. The highest BCUT2D eigenvalue weighted by Crippen LogP contribution is 2.42. The first-order chi connectivity index (χ1) is 15.8. The highest BCUT2D eigenvalue weighted by atomic mass is 16.6. The van der Waals surface area contributed by atoms with Crippen molar-refractivity contribution < 1.29 is 19.4 Å². The molecule has 0 fully saturated rings. The van der Waals surface area contributed by atoms with Gasteiger partial charge in [0.25, 0.3) is 0 Å². The third kappa shape index (κ3) is 8.74. The van der Waals surface area contributed by atoms with E-state index in [-0.39, 0.29) is 23.2 Å². The molecule has 4 heteroatoms. The average molecular weight is 465 g/mol. The first-order valence-electron chi connectivity index (χ1n) is 11.9. The Balaban J connectivity index is 2.11. The molecule has 1 unspecified atom stereocenters. The molecular formula is C30H40O4. The Morgan fingerprint density at radius 1 is 1.09 bits per heavy atom. The van der Waals surface area contributed by atoms with Gasteiger partial charge >= 0.3 is 5.97 Å². The van der Waals surface area contributed by atoms with Crippen molar-refractivity contribution >= 4 is 5.97 Å². The number of carbonyl (C=O) groups is 1. The molecule has 1 N–H and O–H groups in total. The molecule has 0 saturated carbocycles. The topological polar surface area (TPSA) is 55.8 Å². The summed E-state index contributed by atoms with van der Waals surface area (Å²) in [5.74, 6) is 0.669. The second-order valence-corrected chi connectivity index (χ2v) is 10.6. The largest absolute Gasteiger partial charge is 0.508 e. The number of aromatic hydroxyl groups is 1. The zero-order chi connectivity index (χ0) is 25.5. The summed E-state index contributed by atoms with van der Waals surface area (Å²) >= 11 is 0. The Bertz CT molecular complexity index is 1010. The molecule has 184 valence electrons. The van der Waals surface area contributed by atoms with E-state index in [9.17, 15) is 9.90 Å². The zero-order valence-corrected chi connectivity index (χ0v) is 21.9.